The molecule has 0 atom stereocenters. The molecule has 0 bridgehead atoms. The summed E-state index contributed by atoms with van der Waals surface area (Å²) < 4.78 is 26.2. The number of pyridine rings is 1. The van der Waals surface area contributed by atoms with Gasteiger partial charge >= 0.3 is 0 Å². The van der Waals surface area contributed by atoms with E-state index in [1.807, 2.05) is 19.1 Å². The zero-order valence-electron chi connectivity index (χ0n) is 12.2. The van der Waals surface area contributed by atoms with Crippen molar-refractivity contribution in [2.24, 2.45) is 0 Å². The second-order valence-electron chi connectivity index (χ2n) is 4.87. The Kier molecular flexibility index (Phi) is 5.55. The molecule has 6 heteroatoms. The summed E-state index contributed by atoms with van der Waals surface area (Å²) in [7, 11) is 0. The number of anilines is 1. The van der Waals surface area contributed by atoms with Crippen molar-refractivity contribution in [2.75, 3.05) is 11.9 Å². The first-order valence-electron chi connectivity index (χ1n) is 6.93. The van der Waals surface area contributed by atoms with Crippen LogP contribution < -0.4 is 10.6 Å². The monoisotopic (exact) mass is 305 g/mol. The zero-order chi connectivity index (χ0) is 15.9. The number of amides is 1. The van der Waals surface area contributed by atoms with Gasteiger partial charge < -0.3 is 10.6 Å². The Balaban J connectivity index is 1.73. The molecule has 0 saturated carbocycles. The molecule has 0 aliphatic heterocycles. The van der Waals surface area contributed by atoms with Gasteiger partial charge in [-0.2, -0.15) is 0 Å². The number of aromatic nitrogens is 1. The third-order valence-corrected chi connectivity index (χ3v) is 3.02. The number of halogens is 2. The topological polar surface area (TPSA) is 54.0 Å². The molecule has 0 unspecified atom stereocenters. The Morgan fingerprint density at radius 2 is 2.05 bits per heavy atom. The first-order chi connectivity index (χ1) is 10.5. The molecule has 0 saturated heterocycles. The molecule has 4 nitrogen and oxygen atoms in total. The fourth-order valence-electron chi connectivity index (χ4n) is 1.91. The summed E-state index contributed by atoms with van der Waals surface area (Å²) in [6.45, 7) is 2.46. The molecule has 1 aromatic carbocycles. The normalized spacial score (nSPS) is 10.5. The second kappa shape index (κ2) is 7.61. The quantitative estimate of drug-likeness (QED) is 0.807. The van der Waals surface area contributed by atoms with E-state index in [1.54, 1.807) is 6.07 Å². The van der Waals surface area contributed by atoms with Crippen molar-refractivity contribution >= 4 is 11.7 Å². The number of carbonyl (C=O) groups is 1. The lowest BCUT2D eigenvalue weighted by Gasteiger charge is -2.07. The molecule has 2 aromatic rings. The van der Waals surface area contributed by atoms with Crippen molar-refractivity contribution in [1.29, 1.82) is 0 Å². The van der Waals surface area contributed by atoms with E-state index in [9.17, 15) is 13.6 Å². The van der Waals surface area contributed by atoms with Gasteiger partial charge in [0.2, 0.25) is 5.91 Å². The van der Waals surface area contributed by atoms with E-state index in [0.717, 1.165) is 11.8 Å². The van der Waals surface area contributed by atoms with Crippen LogP contribution in [0.5, 0.6) is 0 Å². The fraction of sp³-hybridized carbons (Fsp3) is 0.250. The second-order valence-corrected chi connectivity index (χ2v) is 4.87. The molecular weight excluding hydrogens is 288 g/mol. The number of nitrogens with zero attached hydrogens (tertiary/aromatic N) is 1. The summed E-state index contributed by atoms with van der Waals surface area (Å²) in [5.41, 5.74) is 1.19. The van der Waals surface area contributed by atoms with E-state index in [1.165, 1.54) is 12.1 Å². The number of rotatable bonds is 6. The number of hydrogen-bond acceptors (Lipinski definition) is 3. The van der Waals surface area contributed by atoms with Crippen LogP contribution in [0.4, 0.5) is 14.6 Å². The van der Waals surface area contributed by atoms with Gasteiger partial charge in [0, 0.05) is 36.8 Å². The van der Waals surface area contributed by atoms with E-state index < -0.39 is 11.6 Å². The largest absolute Gasteiger partial charge is 0.312 e. The van der Waals surface area contributed by atoms with Gasteiger partial charge in [-0.1, -0.05) is 12.1 Å². The summed E-state index contributed by atoms with van der Waals surface area (Å²) in [5.74, 6) is -0.869. The molecule has 0 aliphatic rings. The number of benzene rings is 1. The predicted molar refractivity (Wildman–Crippen MR) is 80.3 cm³/mol. The van der Waals surface area contributed by atoms with E-state index >= 15 is 0 Å². The molecular formula is C16H17F2N3O. The van der Waals surface area contributed by atoms with Crippen LogP contribution in [0.15, 0.2) is 36.4 Å². The van der Waals surface area contributed by atoms with Gasteiger partial charge in [-0.05, 0) is 25.1 Å². The predicted octanol–water partition coefficient (Wildman–Crippen LogP) is 2.79. The molecule has 0 fully saturated rings. The van der Waals surface area contributed by atoms with Gasteiger partial charge in [-0.25, -0.2) is 13.8 Å². The minimum absolute atomic E-state index is 0.176. The smallest absolute Gasteiger partial charge is 0.226 e. The Morgan fingerprint density at radius 3 is 2.77 bits per heavy atom. The standard InChI is InChI=1S/C16H17F2N3O/c1-11-3-2-4-15(20-11)21-16(22)7-8-19-10-12-5-6-13(17)9-14(12)18/h2-6,9,19H,7-8,10H2,1H3,(H,20,21,22). The van der Waals surface area contributed by atoms with E-state index in [0.29, 0.717) is 17.9 Å². The summed E-state index contributed by atoms with van der Waals surface area (Å²) in [5, 5.41) is 5.63. The summed E-state index contributed by atoms with van der Waals surface area (Å²) in [6, 6.07) is 8.80. The molecule has 2 N–H and O–H groups in total. The molecule has 0 spiro atoms. The highest BCUT2D eigenvalue weighted by Gasteiger charge is 2.05. The van der Waals surface area contributed by atoms with Crippen molar-refractivity contribution in [3.8, 4) is 0 Å². The van der Waals surface area contributed by atoms with Gasteiger partial charge in [-0.15, -0.1) is 0 Å². The van der Waals surface area contributed by atoms with E-state index in [2.05, 4.69) is 15.6 Å². The van der Waals surface area contributed by atoms with Crippen LogP contribution in [-0.4, -0.2) is 17.4 Å². The maximum atomic E-state index is 13.4. The molecule has 116 valence electrons. The van der Waals surface area contributed by atoms with Crippen LogP contribution in [-0.2, 0) is 11.3 Å². The van der Waals surface area contributed by atoms with Crippen molar-refractivity contribution in [3.63, 3.8) is 0 Å². The number of carbonyl (C=O) groups excluding carboxylic acids is 1. The molecule has 0 radical (unpaired) electrons. The Bertz CT molecular complexity index is 662. The molecule has 1 amide bonds. The fourth-order valence-corrected chi connectivity index (χ4v) is 1.91. The Hall–Kier alpha value is -2.34. The maximum absolute atomic E-state index is 13.4. The summed E-state index contributed by atoms with van der Waals surface area (Å²) >= 11 is 0. The highest BCUT2D eigenvalue weighted by Crippen LogP contribution is 2.09. The van der Waals surface area contributed by atoms with Crippen molar-refractivity contribution in [3.05, 3.63) is 59.3 Å². The van der Waals surface area contributed by atoms with Gasteiger partial charge in [0.05, 0.1) is 0 Å². The average molecular weight is 305 g/mol. The number of nitrogens with one attached hydrogen (secondary N) is 2. The molecule has 0 aliphatic carbocycles. The van der Waals surface area contributed by atoms with Gasteiger partial charge in [0.1, 0.15) is 17.5 Å². The highest BCUT2D eigenvalue weighted by atomic mass is 19.1. The van der Waals surface area contributed by atoms with Crippen molar-refractivity contribution < 1.29 is 13.6 Å². The van der Waals surface area contributed by atoms with Crippen LogP contribution in [0.25, 0.3) is 0 Å². The van der Waals surface area contributed by atoms with Crippen LogP contribution in [0.1, 0.15) is 17.7 Å². The van der Waals surface area contributed by atoms with Gasteiger partial charge in [0.25, 0.3) is 0 Å². The SMILES string of the molecule is Cc1cccc(NC(=O)CCNCc2ccc(F)cc2F)n1. The lowest BCUT2D eigenvalue weighted by molar-refractivity contribution is -0.116. The zero-order valence-corrected chi connectivity index (χ0v) is 12.2. The number of hydrogen-bond donors (Lipinski definition) is 2. The summed E-state index contributed by atoms with van der Waals surface area (Å²) in [4.78, 5) is 15.9. The average Bonchev–Trinajstić information content (AvgIpc) is 2.45. The maximum Gasteiger partial charge on any atom is 0.226 e. The van der Waals surface area contributed by atoms with Crippen molar-refractivity contribution in [1.82, 2.24) is 10.3 Å². The van der Waals surface area contributed by atoms with Crippen molar-refractivity contribution in [2.45, 2.75) is 19.9 Å². The highest BCUT2D eigenvalue weighted by molar-refractivity contribution is 5.89. The van der Waals surface area contributed by atoms with Crippen LogP contribution in [0.3, 0.4) is 0 Å². The van der Waals surface area contributed by atoms with Crippen LogP contribution in [0, 0.1) is 18.6 Å². The van der Waals surface area contributed by atoms with Crippen LogP contribution >= 0.6 is 0 Å². The summed E-state index contributed by atoms with van der Waals surface area (Å²) in [6.07, 6.45) is 0.235. The van der Waals surface area contributed by atoms with E-state index in [4.69, 9.17) is 0 Å². The van der Waals surface area contributed by atoms with Gasteiger partial charge in [0.15, 0.2) is 0 Å². The minimum Gasteiger partial charge on any atom is -0.312 e. The minimum atomic E-state index is -0.605. The Morgan fingerprint density at radius 1 is 1.23 bits per heavy atom. The molecule has 1 aromatic heterocycles. The van der Waals surface area contributed by atoms with E-state index in [-0.39, 0.29) is 18.9 Å². The number of aryl methyl sites for hydroxylation is 1. The van der Waals surface area contributed by atoms with Crippen LogP contribution in [0.2, 0.25) is 0 Å². The lowest BCUT2D eigenvalue weighted by atomic mass is 10.2. The first-order valence-corrected chi connectivity index (χ1v) is 6.93. The molecule has 22 heavy (non-hydrogen) atoms. The third kappa shape index (κ3) is 4.89. The molecule has 2 rings (SSSR count). The van der Waals surface area contributed by atoms with Gasteiger partial charge in [-0.3, -0.25) is 4.79 Å². The lowest BCUT2D eigenvalue weighted by Crippen LogP contribution is -2.22. The molecule has 1 heterocycles. The Labute approximate surface area is 127 Å². The first kappa shape index (κ1) is 16.0. The third-order valence-electron chi connectivity index (χ3n) is 3.02.